The number of nitrogens with one attached hydrogen (secondary N) is 1. The average Bonchev–Trinajstić information content (AvgIpc) is 2.07. The summed E-state index contributed by atoms with van der Waals surface area (Å²) in [7, 11) is 0. The van der Waals surface area contributed by atoms with Crippen molar-refractivity contribution in [3.8, 4) is 0 Å². The molecule has 0 fully saturated rings. The minimum Gasteiger partial charge on any atom is -0.380 e. The Morgan fingerprint density at radius 1 is 1.62 bits per heavy atom. The van der Waals surface area contributed by atoms with Crippen LogP contribution in [0.15, 0.2) is 34.8 Å². The lowest BCUT2D eigenvalue weighted by Gasteiger charge is -2.08. The second kappa shape index (κ2) is 4.68. The topological polar surface area (TPSA) is 12.0 Å². The predicted octanol–water partition coefficient (Wildman–Crippen LogP) is 4.09. The Hall–Kier alpha value is -0.470. The van der Waals surface area contributed by atoms with Gasteiger partial charge in [-0.25, -0.2) is 0 Å². The molecule has 1 nitrogen and oxygen atoms in total. The van der Waals surface area contributed by atoms with Crippen LogP contribution in [0.5, 0.6) is 0 Å². The van der Waals surface area contributed by atoms with Crippen molar-refractivity contribution in [2.45, 2.75) is 6.92 Å². The standard InChI is InChI=1S/C10H11BrClN/c1-7(2)6-13-9-5-3-4-8(12)10(9)11/h3-5,13H,1,6H2,2H3. The van der Waals surface area contributed by atoms with Crippen LogP contribution in [0.2, 0.25) is 5.02 Å². The van der Waals surface area contributed by atoms with Crippen LogP contribution in [0.3, 0.4) is 0 Å². The van der Waals surface area contributed by atoms with Crippen molar-refractivity contribution < 1.29 is 0 Å². The molecule has 0 aromatic heterocycles. The molecule has 0 saturated carbocycles. The molecule has 0 spiro atoms. The molecule has 0 atom stereocenters. The number of anilines is 1. The Balaban J connectivity index is 2.77. The lowest BCUT2D eigenvalue weighted by molar-refractivity contribution is 1.21. The third-order valence-electron chi connectivity index (χ3n) is 1.53. The summed E-state index contributed by atoms with van der Waals surface area (Å²) < 4.78 is 0.901. The van der Waals surface area contributed by atoms with Crippen LogP contribution in [0.4, 0.5) is 5.69 Å². The number of rotatable bonds is 3. The van der Waals surface area contributed by atoms with Crippen molar-refractivity contribution >= 4 is 33.2 Å². The van der Waals surface area contributed by atoms with Gasteiger partial charge < -0.3 is 5.32 Å². The molecule has 0 saturated heterocycles. The Morgan fingerprint density at radius 3 is 2.92 bits per heavy atom. The summed E-state index contributed by atoms with van der Waals surface area (Å²) in [6.07, 6.45) is 0. The van der Waals surface area contributed by atoms with E-state index in [-0.39, 0.29) is 0 Å². The molecular weight excluding hydrogens is 249 g/mol. The highest BCUT2D eigenvalue weighted by Gasteiger charge is 2.01. The normalized spacial score (nSPS) is 9.77. The van der Waals surface area contributed by atoms with Gasteiger partial charge in [0, 0.05) is 6.54 Å². The van der Waals surface area contributed by atoms with Crippen molar-refractivity contribution in [2.24, 2.45) is 0 Å². The molecule has 1 rings (SSSR count). The van der Waals surface area contributed by atoms with E-state index >= 15 is 0 Å². The Bertz CT molecular complexity index is 323. The lowest BCUT2D eigenvalue weighted by atomic mass is 10.3. The zero-order valence-electron chi connectivity index (χ0n) is 7.40. The van der Waals surface area contributed by atoms with Crippen LogP contribution in [0, 0.1) is 0 Å². The van der Waals surface area contributed by atoms with Gasteiger partial charge in [0.1, 0.15) is 0 Å². The molecule has 0 aliphatic carbocycles. The van der Waals surface area contributed by atoms with Crippen molar-refractivity contribution in [2.75, 3.05) is 11.9 Å². The van der Waals surface area contributed by atoms with Crippen molar-refractivity contribution in [1.29, 1.82) is 0 Å². The van der Waals surface area contributed by atoms with E-state index in [2.05, 4.69) is 27.8 Å². The van der Waals surface area contributed by atoms with Gasteiger partial charge in [-0.1, -0.05) is 29.8 Å². The van der Waals surface area contributed by atoms with Gasteiger partial charge in [-0.15, -0.1) is 0 Å². The molecular formula is C10H11BrClN. The molecule has 13 heavy (non-hydrogen) atoms. The molecule has 0 unspecified atom stereocenters. The summed E-state index contributed by atoms with van der Waals surface area (Å²) in [5.41, 5.74) is 2.09. The smallest absolute Gasteiger partial charge is 0.0593 e. The first-order valence-corrected chi connectivity index (χ1v) is 5.10. The second-order valence-electron chi connectivity index (χ2n) is 2.91. The summed E-state index contributed by atoms with van der Waals surface area (Å²) in [6, 6.07) is 5.73. The van der Waals surface area contributed by atoms with Crippen LogP contribution in [0.25, 0.3) is 0 Å². The third-order valence-corrected chi connectivity index (χ3v) is 2.93. The van der Waals surface area contributed by atoms with Gasteiger partial charge in [-0.2, -0.15) is 0 Å². The molecule has 70 valence electrons. The molecule has 1 aromatic carbocycles. The maximum Gasteiger partial charge on any atom is 0.0593 e. The molecule has 0 radical (unpaired) electrons. The largest absolute Gasteiger partial charge is 0.380 e. The van der Waals surface area contributed by atoms with Gasteiger partial charge in [0.15, 0.2) is 0 Å². The van der Waals surface area contributed by atoms with Crippen molar-refractivity contribution in [3.63, 3.8) is 0 Å². The number of hydrogen-bond acceptors (Lipinski definition) is 1. The maximum absolute atomic E-state index is 5.92. The molecule has 0 amide bonds. The van der Waals surface area contributed by atoms with Crippen LogP contribution in [-0.2, 0) is 0 Å². The summed E-state index contributed by atoms with van der Waals surface area (Å²) in [5, 5.41) is 3.94. The Kier molecular flexibility index (Phi) is 3.82. The Morgan fingerprint density at radius 2 is 2.31 bits per heavy atom. The average molecular weight is 261 g/mol. The minimum atomic E-state index is 0.715. The van der Waals surface area contributed by atoms with Gasteiger partial charge in [-0.05, 0) is 35.0 Å². The molecule has 1 aromatic rings. The number of hydrogen-bond donors (Lipinski definition) is 1. The summed E-state index contributed by atoms with van der Waals surface area (Å²) in [4.78, 5) is 0. The summed E-state index contributed by atoms with van der Waals surface area (Å²) in [6.45, 7) is 6.55. The minimum absolute atomic E-state index is 0.715. The van der Waals surface area contributed by atoms with Crippen molar-refractivity contribution in [1.82, 2.24) is 0 Å². The third kappa shape index (κ3) is 3.05. The van der Waals surface area contributed by atoms with Crippen LogP contribution >= 0.6 is 27.5 Å². The number of benzene rings is 1. The van der Waals surface area contributed by atoms with Crippen LogP contribution in [0.1, 0.15) is 6.92 Å². The first kappa shape index (κ1) is 10.6. The monoisotopic (exact) mass is 259 g/mol. The number of halogens is 2. The van der Waals surface area contributed by atoms with Crippen molar-refractivity contribution in [3.05, 3.63) is 39.8 Å². The molecule has 0 heterocycles. The zero-order valence-corrected chi connectivity index (χ0v) is 9.74. The zero-order chi connectivity index (χ0) is 9.84. The molecule has 0 aliphatic rings. The van der Waals surface area contributed by atoms with E-state index < -0.39 is 0 Å². The maximum atomic E-state index is 5.92. The molecule has 0 bridgehead atoms. The van der Waals surface area contributed by atoms with Gasteiger partial charge >= 0.3 is 0 Å². The fraction of sp³-hybridized carbons (Fsp3) is 0.200. The van der Waals surface area contributed by atoms with E-state index in [4.69, 9.17) is 11.6 Å². The molecule has 3 heteroatoms. The predicted molar refractivity (Wildman–Crippen MR) is 62.5 cm³/mol. The fourth-order valence-corrected chi connectivity index (χ4v) is 1.47. The van der Waals surface area contributed by atoms with E-state index in [0.29, 0.717) is 5.02 Å². The Labute approximate surface area is 91.9 Å². The molecule has 0 aliphatic heterocycles. The fourth-order valence-electron chi connectivity index (χ4n) is 0.886. The highest BCUT2D eigenvalue weighted by Crippen LogP contribution is 2.29. The van der Waals surface area contributed by atoms with Gasteiger partial charge in [0.05, 0.1) is 15.2 Å². The van der Waals surface area contributed by atoms with E-state index in [9.17, 15) is 0 Å². The summed E-state index contributed by atoms with van der Waals surface area (Å²) in [5.74, 6) is 0. The van der Waals surface area contributed by atoms with E-state index in [1.54, 1.807) is 0 Å². The highest BCUT2D eigenvalue weighted by molar-refractivity contribution is 9.10. The van der Waals surface area contributed by atoms with Gasteiger partial charge in [0.2, 0.25) is 0 Å². The van der Waals surface area contributed by atoms with Gasteiger partial charge in [-0.3, -0.25) is 0 Å². The van der Waals surface area contributed by atoms with E-state index in [1.165, 1.54) is 0 Å². The first-order valence-electron chi connectivity index (χ1n) is 3.93. The van der Waals surface area contributed by atoms with Crippen LogP contribution in [-0.4, -0.2) is 6.54 Å². The van der Waals surface area contributed by atoms with Gasteiger partial charge in [0.25, 0.3) is 0 Å². The lowest BCUT2D eigenvalue weighted by Crippen LogP contribution is -2.02. The highest BCUT2D eigenvalue weighted by atomic mass is 79.9. The quantitative estimate of drug-likeness (QED) is 0.807. The van der Waals surface area contributed by atoms with E-state index in [0.717, 1.165) is 22.3 Å². The molecule has 1 N–H and O–H groups in total. The second-order valence-corrected chi connectivity index (χ2v) is 4.11. The SMILES string of the molecule is C=C(C)CNc1cccc(Cl)c1Br. The first-order chi connectivity index (χ1) is 6.11. The van der Waals surface area contributed by atoms with E-state index in [1.807, 2.05) is 25.1 Å². The van der Waals surface area contributed by atoms with Crippen LogP contribution < -0.4 is 5.32 Å². The summed E-state index contributed by atoms with van der Waals surface area (Å²) >= 11 is 9.33.